The smallest absolute Gasteiger partial charge is 0.280 e. The molecule has 1 aromatic heterocycles. The third-order valence-electron chi connectivity index (χ3n) is 3.39. The Labute approximate surface area is 133 Å². The Kier molecular flexibility index (Phi) is 5.39. The zero-order chi connectivity index (χ0) is 15.4. The molecule has 0 bridgehead atoms. The van der Waals surface area contributed by atoms with Crippen molar-refractivity contribution in [2.24, 2.45) is 0 Å². The van der Waals surface area contributed by atoms with Gasteiger partial charge in [0.15, 0.2) is 12.4 Å². The number of nitrogens with zero attached hydrogens (tertiary/aromatic N) is 2. The first kappa shape index (κ1) is 16.0. The van der Waals surface area contributed by atoms with Gasteiger partial charge in [0.25, 0.3) is 5.91 Å². The van der Waals surface area contributed by atoms with Crippen molar-refractivity contribution < 1.29 is 14.5 Å². The van der Waals surface area contributed by atoms with Crippen molar-refractivity contribution in [1.82, 2.24) is 9.88 Å². The Morgan fingerprint density at radius 2 is 2.05 bits per heavy atom. The summed E-state index contributed by atoms with van der Waals surface area (Å²) >= 11 is 11.7. The second-order valence-corrected chi connectivity index (χ2v) is 5.81. The van der Waals surface area contributed by atoms with E-state index in [1.54, 1.807) is 11.8 Å². The maximum absolute atomic E-state index is 12.0. The van der Waals surface area contributed by atoms with Crippen LogP contribution in [0, 0.1) is 0 Å². The van der Waals surface area contributed by atoms with E-state index in [1.807, 2.05) is 0 Å². The first-order valence-electron chi connectivity index (χ1n) is 6.65. The van der Waals surface area contributed by atoms with Crippen molar-refractivity contribution in [2.45, 2.75) is 6.92 Å². The molecule has 1 saturated heterocycles. The van der Waals surface area contributed by atoms with E-state index in [0.717, 1.165) is 18.0 Å². The number of carbonyl (C=O) groups excluding carboxylic acids is 2. The van der Waals surface area contributed by atoms with Crippen LogP contribution >= 0.6 is 23.2 Å². The van der Waals surface area contributed by atoms with Crippen molar-refractivity contribution in [3.63, 3.8) is 0 Å². The van der Waals surface area contributed by atoms with Crippen LogP contribution in [0.2, 0.25) is 10.0 Å². The van der Waals surface area contributed by atoms with E-state index < -0.39 is 0 Å². The standard InChI is InChI=1S/C13H16Cl2N4O2/c1-9(20)19-4-2-18(3-5-19)8-12(21)17-13-11(15)6-10(14)7-16-13/h6-7H,2-5,8H2,1H3,(H,16,17,21)/p+1. The van der Waals surface area contributed by atoms with Crippen LogP contribution in [0.25, 0.3) is 0 Å². The number of rotatable bonds is 3. The predicted molar refractivity (Wildman–Crippen MR) is 80.7 cm³/mol. The average Bonchev–Trinajstić information content (AvgIpc) is 2.42. The van der Waals surface area contributed by atoms with Crippen LogP contribution in [-0.4, -0.2) is 54.4 Å². The topological polar surface area (TPSA) is 66.7 Å². The van der Waals surface area contributed by atoms with Gasteiger partial charge in [-0.15, -0.1) is 0 Å². The number of hydrogen-bond acceptors (Lipinski definition) is 3. The highest BCUT2D eigenvalue weighted by molar-refractivity contribution is 6.36. The molecule has 2 rings (SSSR count). The highest BCUT2D eigenvalue weighted by Crippen LogP contribution is 2.22. The molecule has 114 valence electrons. The Morgan fingerprint density at radius 1 is 1.38 bits per heavy atom. The summed E-state index contributed by atoms with van der Waals surface area (Å²) in [6, 6.07) is 1.53. The Hall–Kier alpha value is -1.37. The third kappa shape index (κ3) is 4.56. The normalized spacial score (nSPS) is 15.9. The molecule has 0 spiro atoms. The fraction of sp³-hybridized carbons (Fsp3) is 0.462. The molecule has 2 amide bonds. The number of carbonyl (C=O) groups is 2. The number of nitrogens with one attached hydrogen (secondary N) is 2. The van der Waals surface area contributed by atoms with Crippen LogP contribution in [0.5, 0.6) is 0 Å². The van der Waals surface area contributed by atoms with E-state index in [-0.39, 0.29) is 11.8 Å². The van der Waals surface area contributed by atoms with Crippen LogP contribution < -0.4 is 10.2 Å². The molecule has 1 aromatic rings. The summed E-state index contributed by atoms with van der Waals surface area (Å²) in [7, 11) is 0. The Morgan fingerprint density at radius 3 is 2.62 bits per heavy atom. The summed E-state index contributed by atoms with van der Waals surface area (Å²) < 4.78 is 0. The summed E-state index contributed by atoms with van der Waals surface area (Å²) in [5.74, 6) is 0.237. The van der Waals surface area contributed by atoms with Crippen molar-refractivity contribution >= 4 is 40.8 Å². The molecule has 2 N–H and O–H groups in total. The lowest BCUT2D eigenvalue weighted by atomic mass is 10.3. The molecule has 0 aliphatic carbocycles. The molecule has 1 aliphatic heterocycles. The third-order valence-corrected chi connectivity index (χ3v) is 3.89. The lowest BCUT2D eigenvalue weighted by molar-refractivity contribution is -0.895. The fourth-order valence-electron chi connectivity index (χ4n) is 2.22. The largest absolute Gasteiger partial charge is 0.332 e. The summed E-state index contributed by atoms with van der Waals surface area (Å²) in [6.45, 7) is 4.76. The van der Waals surface area contributed by atoms with Crippen molar-refractivity contribution in [3.05, 3.63) is 22.3 Å². The molecule has 0 radical (unpaired) electrons. The van der Waals surface area contributed by atoms with Crippen LogP contribution in [0.1, 0.15) is 6.92 Å². The van der Waals surface area contributed by atoms with Gasteiger partial charge in [0.05, 0.1) is 36.2 Å². The number of anilines is 1. The number of quaternary nitrogens is 1. The molecule has 1 fully saturated rings. The number of amides is 2. The average molecular weight is 332 g/mol. The minimum atomic E-state index is -0.155. The lowest BCUT2D eigenvalue weighted by Crippen LogP contribution is -3.15. The number of halogens is 2. The molecule has 0 unspecified atom stereocenters. The molecular weight excluding hydrogens is 315 g/mol. The second kappa shape index (κ2) is 7.06. The van der Waals surface area contributed by atoms with Crippen LogP contribution in [0.4, 0.5) is 5.82 Å². The molecule has 1 aliphatic rings. The van der Waals surface area contributed by atoms with Gasteiger partial charge < -0.3 is 15.1 Å². The van der Waals surface area contributed by atoms with E-state index in [0.29, 0.717) is 35.5 Å². The zero-order valence-electron chi connectivity index (χ0n) is 11.7. The van der Waals surface area contributed by atoms with Crippen molar-refractivity contribution in [3.8, 4) is 0 Å². The molecule has 8 heteroatoms. The number of aromatic nitrogens is 1. The van der Waals surface area contributed by atoms with E-state index in [9.17, 15) is 9.59 Å². The van der Waals surface area contributed by atoms with Gasteiger partial charge in [-0.25, -0.2) is 4.98 Å². The minimum Gasteiger partial charge on any atom is -0.332 e. The molecule has 6 nitrogen and oxygen atoms in total. The summed E-state index contributed by atoms with van der Waals surface area (Å²) in [5.41, 5.74) is 0. The lowest BCUT2D eigenvalue weighted by Gasteiger charge is -2.31. The Bertz CT molecular complexity index is 545. The summed E-state index contributed by atoms with van der Waals surface area (Å²) in [6.07, 6.45) is 1.43. The van der Waals surface area contributed by atoms with Crippen LogP contribution in [0.3, 0.4) is 0 Å². The number of hydrogen-bond donors (Lipinski definition) is 2. The van der Waals surface area contributed by atoms with Gasteiger partial charge in [-0.05, 0) is 6.07 Å². The quantitative estimate of drug-likeness (QED) is 0.824. The minimum absolute atomic E-state index is 0.0793. The van der Waals surface area contributed by atoms with Crippen molar-refractivity contribution in [2.75, 3.05) is 38.0 Å². The van der Waals surface area contributed by atoms with Crippen LogP contribution in [0.15, 0.2) is 12.3 Å². The highest BCUT2D eigenvalue weighted by atomic mass is 35.5. The number of pyridine rings is 1. The van der Waals surface area contributed by atoms with E-state index >= 15 is 0 Å². The molecular formula is C13H17Cl2N4O2+. The van der Waals surface area contributed by atoms with E-state index in [4.69, 9.17) is 23.2 Å². The van der Waals surface area contributed by atoms with Gasteiger partial charge in [0, 0.05) is 13.1 Å². The monoisotopic (exact) mass is 331 g/mol. The predicted octanol–water partition coefficient (Wildman–Crippen LogP) is 0.0739. The van der Waals surface area contributed by atoms with Gasteiger partial charge in [0.1, 0.15) is 0 Å². The molecule has 2 heterocycles. The molecule has 0 atom stereocenters. The molecule has 21 heavy (non-hydrogen) atoms. The Balaban J connectivity index is 1.84. The maximum atomic E-state index is 12.0. The van der Waals surface area contributed by atoms with Gasteiger partial charge in [-0.1, -0.05) is 23.2 Å². The van der Waals surface area contributed by atoms with Gasteiger partial charge in [0.2, 0.25) is 5.91 Å². The van der Waals surface area contributed by atoms with E-state index in [2.05, 4.69) is 10.3 Å². The number of piperazine rings is 1. The first-order chi connectivity index (χ1) is 9.95. The van der Waals surface area contributed by atoms with E-state index in [1.165, 1.54) is 12.3 Å². The summed E-state index contributed by atoms with van der Waals surface area (Å²) in [5, 5.41) is 3.41. The SMILES string of the molecule is CC(=O)N1CC[NH+](CC(=O)Nc2ncc(Cl)cc2Cl)CC1. The summed E-state index contributed by atoms with van der Waals surface area (Å²) in [4.78, 5) is 30.1. The van der Waals surface area contributed by atoms with Gasteiger partial charge >= 0.3 is 0 Å². The maximum Gasteiger partial charge on any atom is 0.280 e. The van der Waals surface area contributed by atoms with Gasteiger partial charge in [-0.3, -0.25) is 9.59 Å². The van der Waals surface area contributed by atoms with Crippen molar-refractivity contribution in [1.29, 1.82) is 0 Å². The molecule has 0 saturated carbocycles. The van der Waals surface area contributed by atoms with Gasteiger partial charge in [-0.2, -0.15) is 0 Å². The fourth-order valence-corrected chi connectivity index (χ4v) is 2.65. The second-order valence-electron chi connectivity index (χ2n) is 4.96. The highest BCUT2D eigenvalue weighted by Gasteiger charge is 2.23. The molecule has 0 aromatic carbocycles. The van der Waals surface area contributed by atoms with Crippen LogP contribution in [-0.2, 0) is 9.59 Å². The zero-order valence-corrected chi connectivity index (χ0v) is 13.2. The first-order valence-corrected chi connectivity index (χ1v) is 7.41.